The summed E-state index contributed by atoms with van der Waals surface area (Å²) in [6.07, 6.45) is 0.948. The normalized spacial score (nSPS) is 13.8. The molecule has 3 aromatic rings. The minimum absolute atomic E-state index is 0.141. The number of hydrogen-bond acceptors (Lipinski definition) is 5. The number of imide groups is 1. The maximum Gasteiger partial charge on any atom is 0.279 e. The first-order valence-corrected chi connectivity index (χ1v) is 9.75. The van der Waals surface area contributed by atoms with Crippen molar-refractivity contribution in [1.29, 1.82) is 0 Å². The van der Waals surface area contributed by atoms with E-state index in [2.05, 4.69) is 10.4 Å². The van der Waals surface area contributed by atoms with Crippen LogP contribution in [0.4, 0.5) is 0 Å². The van der Waals surface area contributed by atoms with Crippen molar-refractivity contribution >= 4 is 28.5 Å². The molecule has 1 saturated heterocycles. The lowest BCUT2D eigenvalue weighted by molar-refractivity contribution is -0.138. The third kappa shape index (κ3) is 3.71. The molecule has 1 N–H and O–H groups in total. The van der Waals surface area contributed by atoms with Gasteiger partial charge in [0.1, 0.15) is 0 Å². The molecule has 0 radical (unpaired) electrons. The molecule has 1 aromatic heterocycles. The van der Waals surface area contributed by atoms with Gasteiger partial charge < -0.3 is 5.32 Å². The Hall–Kier alpha value is -3.81. The summed E-state index contributed by atoms with van der Waals surface area (Å²) in [6, 6.07) is 15.7. The molecular weight excluding hydrogens is 384 g/mol. The second-order valence-corrected chi connectivity index (χ2v) is 7.00. The van der Waals surface area contributed by atoms with E-state index in [0.717, 1.165) is 0 Å². The summed E-state index contributed by atoms with van der Waals surface area (Å²) < 4.78 is 1.22. The van der Waals surface area contributed by atoms with Crippen molar-refractivity contribution in [3.8, 4) is 5.69 Å². The zero-order valence-corrected chi connectivity index (χ0v) is 16.2. The number of rotatable bonds is 6. The van der Waals surface area contributed by atoms with Crippen molar-refractivity contribution < 1.29 is 14.4 Å². The van der Waals surface area contributed by atoms with E-state index < -0.39 is 5.91 Å². The van der Waals surface area contributed by atoms with E-state index in [4.69, 9.17) is 0 Å². The maximum atomic E-state index is 12.9. The quantitative estimate of drug-likeness (QED) is 0.497. The first-order valence-electron chi connectivity index (χ1n) is 9.75. The van der Waals surface area contributed by atoms with E-state index in [1.54, 1.807) is 48.5 Å². The number of hydrogen-bond donors (Lipinski definition) is 1. The van der Waals surface area contributed by atoms with Gasteiger partial charge >= 0.3 is 0 Å². The molecule has 0 bridgehead atoms. The molecule has 3 amide bonds. The number of nitrogens with one attached hydrogen (secondary N) is 1. The highest BCUT2D eigenvalue weighted by Crippen LogP contribution is 2.15. The molecule has 1 fully saturated rings. The third-order valence-electron chi connectivity index (χ3n) is 5.02. The van der Waals surface area contributed by atoms with E-state index in [1.165, 1.54) is 9.58 Å². The van der Waals surface area contributed by atoms with Crippen LogP contribution in [-0.2, 0) is 9.59 Å². The van der Waals surface area contributed by atoms with Crippen LogP contribution >= 0.6 is 0 Å². The van der Waals surface area contributed by atoms with Crippen LogP contribution in [-0.4, -0.2) is 45.5 Å². The van der Waals surface area contributed by atoms with Gasteiger partial charge in [0.25, 0.3) is 11.5 Å². The molecule has 0 aliphatic carbocycles. The number of carbonyl (C=O) groups excluding carboxylic acids is 3. The summed E-state index contributed by atoms with van der Waals surface area (Å²) in [5.74, 6) is -0.766. The van der Waals surface area contributed by atoms with Crippen molar-refractivity contribution in [3.63, 3.8) is 0 Å². The number of amides is 3. The summed E-state index contributed by atoms with van der Waals surface area (Å²) in [5, 5.41) is 7.97. The van der Waals surface area contributed by atoms with E-state index in [9.17, 15) is 19.2 Å². The molecule has 0 saturated carbocycles. The highest BCUT2D eigenvalue weighted by Gasteiger charge is 2.28. The second-order valence-electron chi connectivity index (χ2n) is 7.00. The van der Waals surface area contributed by atoms with E-state index in [-0.39, 0.29) is 49.0 Å². The van der Waals surface area contributed by atoms with Crippen LogP contribution in [0, 0.1) is 0 Å². The average molecular weight is 404 g/mol. The van der Waals surface area contributed by atoms with Crippen LogP contribution in [0.3, 0.4) is 0 Å². The minimum atomic E-state index is -0.421. The lowest BCUT2D eigenvalue weighted by Crippen LogP contribution is -2.34. The first-order chi connectivity index (χ1) is 14.6. The predicted molar refractivity (Wildman–Crippen MR) is 110 cm³/mol. The van der Waals surface area contributed by atoms with E-state index >= 15 is 0 Å². The fourth-order valence-corrected chi connectivity index (χ4v) is 3.50. The van der Waals surface area contributed by atoms with Gasteiger partial charge in [0, 0.05) is 31.3 Å². The van der Waals surface area contributed by atoms with Crippen molar-refractivity contribution in [2.24, 2.45) is 0 Å². The summed E-state index contributed by atoms with van der Waals surface area (Å²) in [7, 11) is 0. The van der Waals surface area contributed by atoms with Gasteiger partial charge in [-0.2, -0.15) is 9.78 Å². The van der Waals surface area contributed by atoms with Crippen LogP contribution in [0.15, 0.2) is 59.4 Å². The van der Waals surface area contributed by atoms with Crippen LogP contribution in [0.25, 0.3) is 16.5 Å². The van der Waals surface area contributed by atoms with E-state index in [1.807, 2.05) is 6.07 Å². The Bertz CT molecular complexity index is 1170. The van der Waals surface area contributed by atoms with Crippen molar-refractivity contribution in [3.05, 3.63) is 70.6 Å². The molecule has 1 aliphatic heterocycles. The van der Waals surface area contributed by atoms with Crippen LogP contribution in [0.5, 0.6) is 0 Å². The predicted octanol–water partition coefficient (Wildman–Crippen LogP) is 1.65. The van der Waals surface area contributed by atoms with Gasteiger partial charge in [-0.1, -0.05) is 36.4 Å². The van der Waals surface area contributed by atoms with Gasteiger partial charge in [0.05, 0.1) is 11.1 Å². The molecule has 30 heavy (non-hydrogen) atoms. The Morgan fingerprint density at radius 3 is 2.23 bits per heavy atom. The van der Waals surface area contributed by atoms with Gasteiger partial charge in [-0.15, -0.1) is 0 Å². The molecule has 0 atom stereocenters. The lowest BCUT2D eigenvalue weighted by atomic mass is 10.1. The monoisotopic (exact) mass is 404 g/mol. The number of nitrogens with zero attached hydrogens (tertiary/aromatic N) is 3. The smallest absolute Gasteiger partial charge is 0.279 e. The molecule has 2 aromatic carbocycles. The molecule has 8 heteroatoms. The summed E-state index contributed by atoms with van der Waals surface area (Å²) >= 11 is 0. The Morgan fingerprint density at radius 2 is 1.53 bits per heavy atom. The highest BCUT2D eigenvalue weighted by atomic mass is 16.2. The molecule has 4 rings (SSSR count). The Labute approximate surface area is 172 Å². The summed E-state index contributed by atoms with van der Waals surface area (Å²) in [5.41, 5.74) is 0.398. The zero-order valence-electron chi connectivity index (χ0n) is 16.2. The number of para-hydroxylation sites is 1. The van der Waals surface area contributed by atoms with Crippen LogP contribution in [0.2, 0.25) is 0 Å². The van der Waals surface area contributed by atoms with Gasteiger partial charge in [-0.3, -0.25) is 24.1 Å². The van der Waals surface area contributed by atoms with E-state index in [0.29, 0.717) is 22.9 Å². The molecule has 2 heterocycles. The first kappa shape index (κ1) is 19.5. The number of carbonyl (C=O) groups is 3. The third-order valence-corrected chi connectivity index (χ3v) is 5.02. The van der Waals surface area contributed by atoms with Crippen LogP contribution in [0.1, 0.15) is 29.8 Å². The molecule has 152 valence electrons. The van der Waals surface area contributed by atoms with Gasteiger partial charge in [0.15, 0.2) is 5.69 Å². The molecule has 1 aliphatic rings. The fraction of sp³-hybridized carbons (Fsp3) is 0.227. The summed E-state index contributed by atoms with van der Waals surface area (Å²) in [4.78, 5) is 50.3. The number of aromatic nitrogens is 2. The second kappa shape index (κ2) is 8.28. The van der Waals surface area contributed by atoms with Crippen molar-refractivity contribution in [2.45, 2.75) is 19.3 Å². The van der Waals surface area contributed by atoms with Crippen molar-refractivity contribution in [1.82, 2.24) is 20.0 Å². The molecular formula is C22H20N4O4. The molecule has 0 unspecified atom stereocenters. The Morgan fingerprint density at radius 1 is 0.900 bits per heavy atom. The molecule has 8 nitrogen and oxygen atoms in total. The largest absolute Gasteiger partial charge is 0.351 e. The SMILES string of the molecule is O=C(NCCCN1C(=O)CCC1=O)c1nn(-c2ccccc2)c(=O)c2ccccc12. The van der Waals surface area contributed by atoms with Gasteiger partial charge in [-0.05, 0) is 24.6 Å². The molecule has 0 spiro atoms. The van der Waals surface area contributed by atoms with Gasteiger partial charge in [-0.25, -0.2) is 0 Å². The number of likely N-dealkylation sites (tertiary alicyclic amines) is 1. The lowest BCUT2D eigenvalue weighted by Gasteiger charge is -2.14. The summed E-state index contributed by atoms with van der Waals surface area (Å²) in [6.45, 7) is 0.548. The highest BCUT2D eigenvalue weighted by molar-refractivity contribution is 6.05. The Balaban J connectivity index is 1.56. The minimum Gasteiger partial charge on any atom is -0.351 e. The maximum absolute atomic E-state index is 12.9. The Kier molecular flexibility index (Phi) is 5.38. The number of fused-ring (bicyclic) bond motifs is 1. The fourth-order valence-electron chi connectivity index (χ4n) is 3.50. The van der Waals surface area contributed by atoms with Crippen LogP contribution < -0.4 is 10.9 Å². The number of benzene rings is 2. The van der Waals surface area contributed by atoms with Crippen molar-refractivity contribution in [2.75, 3.05) is 13.1 Å². The average Bonchev–Trinajstić information content (AvgIpc) is 3.09. The standard InChI is InChI=1S/C22H20N4O4/c27-18-11-12-19(28)25(18)14-6-13-23-21(29)20-16-9-4-5-10-17(16)22(30)26(24-20)15-7-2-1-3-8-15/h1-5,7-10H,6,11-14H2,(H,23,29). The van der Waals surface area contributed by atoms with Gasteiger partial charge in [0.2, 0.25) is 11.8 Å². The zero-order chi connectivity index (χ0) is 21.1. The topological polar surface area (TPSA) is 101 Å².